The molecule has 1 aliphatic carbocycles. The Morgan fingerprint density at radius 2 is 2.08 bits per heavy atom. The summed E-state index contributed by atoms with van der Waals surface area (Å²) in [6.45, 7) is 6.17. The number of pyridine rings is 2. The van der Waals surface area contributed by atoms with E-state index in [1.807, 2.05) is 6.07 Å². The van der Waals surface area contributed by atoms with E-state index in [-0.39, 0.29) is 17.7 Å². The summed E-state index contributed by atoms with van der Waals surface area (Å²) >= 11 is 0. The van der Waals surface area contributed by atoms with Crippen molar-refractivity contribution in [2.75, 3.05) is 10.6 Å². The van der Waals surface area contributed by atoms with Gasteiger partial charge in [0, 0.05) is 28.6 Å². The molecule has 126 valence electrons. The largest absolute Gasteiger partial charge is 0.393 e. The quantitative estimate of drug-likeness (QED) is 0.803. The standard InChI is InChI=1S/C18H23N5O/c1-18(2,3)23-17-15-8-16(21-12-4-5-14(24)7-12)20-10-11(15)6-13(9-19)22-17/h6,8,10,12,14,24H,4-5,7H2,1-3H3,(H,20,21)(H,22,23)/t12-,14-/m0/s1. The zero-order chi connectivity index (χ0) is 17.3. The first-order valence-corrected chi connectivity index (χ1v) is 8.28. The Morgan fingerprint density at radius 3 is 2.71 bits per heavy atom. The molecule has 2 heterocycles. The molecule has 1 fully saturated rings. The van der Waals surface area contributed by atoms with Gasteiger partial charge < -0.3 is 15.7 Å². The smallest absolute Gasteiger partial charge is 0.143 e. The molecule has 3 rings (SSSR count). The fourth-order valence-corrected chi connectivity index (χ4v) is 3.03. The molecule has 0 radical (unpaired) electrons. The van der Waals surface area contributed by atoms with Crippen LogP contribution >= 0.6 is 0 Å². The van der Waals surface area contributed by atoms with Crippen molar-refractivity contribution in [2.45, 2.75) is 57.7 Å². The van der Waals surface area contributed by atoms with Crippen molar-refractivity contribution in [1.82, 2.24) is 9.97 Å². The number of rotatable bonds is 3. The van der Waals surface area contributed by atoms with Crippen molar-refractivity contribution in [3.05, 3.63) is 24.0 Å². The number of aliphatic hydroxyl groups is 1. The van der Waals surface area contributed by atoms with Crippen molar-refractivity contribution in [3.8, 4) is 6.07 Å². The zero-order valence-corrected chi connectivity index (χ0v) is 14.3. The van der Waals surface area contributed by atoms with Crippen LogP contribution in [-0.4, -0.2) is 32.8 Å². The topological polar surface area (TPSA) is 93.9 Å². The highest BCUT2D eigenvalue weighted by molar-refractivity contribution is 5.94. The van der Waals surface area contributed by atoms with Crippen LogP contribution in [0.2, 0.25) is 0 Å². The average molecular weight is 325 g/mol. The molecular weight excluding hydrogens is 302 g/mol. The van der Waals surface area contributed by atoms with Gasteiger partial charge in [-0.25, -0.2) is 9.97 Å². The Bertz CT molecular complexity index is 790. The van der Waals surface area contributed by atoms with Crippen LogP contribution in [0.15, 0.2) is 18.3 Å². The molecule has 2 aromatic rings. The van der Waals surface area contributed by atoms with E-state index in [0.717, 1.165) is 35.9 Å². The molecule has 0 amide bonds. The molecule has 0 saturated heterocycles. The van der Waals surface area contributed by atoms with Crippen LogP contribution in [0.5, 0.6) is 0 Å². The number of aliphatic hydroxyl groups excluding tert-OH is 1. The van der Waals surface area contributed by atoms with Crippen LogP contribution in [0.3, 0.4) is 0 Å². The lowest BCUT2D eigenvalue weighted by molar-refractivity contribution is 0.182. The molecule has 2 atom stereocenters. The number of hydrogen-bond acceptors (Lipinski definition) is 6. The van der Waals surface area contributed by atoms with E-state index >= 15 is 0 Å². The third kappa shape index (κ3) is 3.74. The highest BCUT2D eigenvalue weighted by Crippen LogP contribution is 2.28. The second-order valence-corrected chi connectivity index (χ2v) is 7.44. The summed E-state index contributed by atoms with van der Waals surface area (Å²) in [5.74, 6) is 1.46. The van der Waals surface area contributed by atoms with E-state index in [9.17, 15) is 10.4 Å². The summed E-state index contributed by atoms with van der Waals surface area (Å²) < 4.78 is 0. The van der Waals surface area contributed by atoms with E-state index in [1.54, 1.807) is 12.3 Å². The van der Waals surface area contributed by atoms with Crippen LogP contribution in [0, 0.1) is 11.3 Å². The highest BCUT2D eigenvalue weighted by Gasteiger charge is 2.23. The molecule has 6 heteroatoms. The third-order valence-corrected chi connectivity index (χ3v) is 4.08. The summed E-state index contributed by atoms with van der Waals surface area (Å²) in [6.07, 6.45) is 4.06. The summed E-state index contributed by atoms with van der Waals surface area (Å²) in [5.41, 5.74) is 0.205. The molecule has 1 saturated carbocycles. The van der Waals surface area contributed by atoms with Gasteiger partial charge in [-0.3, -0.25) is 0 Å². The lowest BCUT2D eigenvalue weighted by atomic mass is 10.1. The predicted molar refractivity (Wildman–Crippen MR) is 94.9 cm³/mol. The zero-order valence-electron chi connectivity index (χ0n) is 14.3. The summed E-state index contributed by atoms with van der Waals surface area (Å²) in [4.78, 5) is 8.87. The maximum absolute atomic E-state index is 9.67. The van der Waals surface area contributed by atoms with Crippen molar-refractivity contribution in [2.24, 2.45) is 0 Å². The molecule has 0 unspecified atom stereocenters. The van der Waals surface area contributed by atoms with E-state index in [0.29, 0.717) is 11.5 Å². The van der Waals surface area contributed by atoms with Crippen LogP contribution < -0.4 is 10.6 Å². The maximum atomic E-state index is 9.67. The Balaban J connectivity index is 1.97. The minimum absolute atomic E-state index is 0.166. The van der Waals surface area contributed by atoms with Crippen molar-refractivity contribution >= 4 is 22.4 Å². The van der Waals surface area contributed by atoms with Crippen molar-refractivity contribution in [1.29, 1.82) is 5.26 Å². The normalized spacial score (nSPS) is 20.8. The molecule has 0 aromatic carbocycles. The minimum atomic E-state index is -0.221. The predicted octanol–water partition coefficient (Wildman–Crippen LogP) is 3.04. The van der Waals surface area contributed by atoms with E-state index in [1.165, 1.54) is 0 Å². The maximum Gasteiger partial charge on any atom is 0.143 e. The first kappa shape index (κ1) is 16.5. The van der Waals surface area contributed by atoms with E-state index in [2.05, 4.69) is 47.4 Å². The summed E-state index contributed by atoms with van der Waals surface area (Å²) in [7, 11) is 0. The highest BCUT2D eigenvalue weighted by atomic mass is 16.3. The van der Waals surface area contributed by atoms with E-state index in [4.69, 9.17) is 0 Å². The van der Waals surface area contributed by atoms with Crippen molar-refractivity contribution in [3.63, 3.8) is 0 Å². The Labute approximate surface area is 141 Å². The fourth-order valence-electron chi connectivity index (χ4n) is 3.03. The van der Waals surface area contributed by atoms with E-state index < -0.39 is 0 Å². The van der Waals surface area contributed by atoms with Gasteiger partial charge in [0.2, 0.25) is 0 Å². The van der Waals surface area contributed by atoms with Gasteiger partial charge >= 0.3 is 0 Å². The van der Waals surface area contributed by atoms with Gasteiger partial charge in [0.25, 0.3) is 0 Å². The van der Waals surface area contributed by atoms with Gasteiger partial charge in [0.15, 0.2) is 0 Å². The van der Waals surface area contributed by atoms with Gasteiger partial charge in [0.05, 0.1) is 6.10 Å². The van der Waals surface area contributed by atoms with Crippen LogP contribution in [-0.2, 0) is 0 Å². The number of aromatic nitrogens is 2. The van der Waals surface area contributed by atoms with Crippen LogP contribution in [0.1, 0.15) is 45.7 Å². The van der Waals surface area contributed by atoms with Crippen LogP contribution in [0.25, 0.3) is 10.8 Å². The first-order valence-electron chi connectivity index (χ1n) is 8.28. The van der Waals surface area contributed by atoms with Gasteiger partial charge in [-0.15, -0.1) is 0 Å². The van der Waals surface area contributed by atoms with Crippen LogP contribution in [0.4, 0.5) is 11.6 Å². The molecule has 24 heavy (non-hydrogen) atoms. The molecule has 0 spiro atoms. The Morgan fingerprint density at radius 1 is 1.29 bits per heavy atom. The number of nitrogens with zero attached hydrogens (tertiary/aromatic N) is 3. The second-order valence-electron chi connectivity index (χ2n) is 7.44. The second kappa shape index (κ2) is 6.25. The third-order valence-electron chi connectivity index (χ3n) is 4.08. The number of nitrogens with one attached hydrogen (secondary N) is 2. The lowest BCUT2D eigenvalue weighted by Gasteiger charge is -2.23. The molecular formula is C18H23N5O. The number of hydrogen-bond donors (Lipinski definition) is 3. The molecule has 3 N–H and O–H groups in total. The molecule has 1 aliphatic rings. The summed E-state index contributed by atoms with van der Waals surface area (Å²) in [5, 5.41) is 27.4. The number of anilines is 2. The minimum Gasteiger partial charge on any atom is -0.393 e. The first-order chi connectivity index (χ1) is 11.3. The Hall–Kier alpha value is -2.39. The van der Waals surface area contributed by atoms with Gasteiger partial charge in [0.1, 0.15) is 23.4 Å². The molecule has 2 aromatic heterocycles. The lowest BCUT2D eigenvalue weighted by Crippen LogP contribution is -2.27. The van der Waals surface area contributed by atoms with Gasteiger partial charge in [-0.05, 0) is 52.2 Å². The SMILES string of the molecule is CC(C)(C)Nc1nc(C#N)cc2cnc(N[C@H]3CC[C@H](O)C3)cc12. The summed E-state index contributed by atoms with van der Waals surface area (Å²) in [6, 6.07) is 6.06. The monoisotopic (exact) mass is 325 g/mol. The van der Waals surface area contributed by atoms with Gasteiger partial charge in [-0.2, -0.15) is 5.26 Å². The van der Waals surface area contributed by atoms with Gasteiger partial charge in [-0.1, -0.05) is 0 Å². The molecule has 6 nitrogen and oxygen atoms in total. The Kier molecular flexibility index (Phi) is 4.29. The number of nitriles is 1. The number of fused-ring (bicyclic) bond motifs is 1. The molecule has 0 bridgehead atoms. The fraction of sp³-hybridized carbons (Fsp3) is 0.500. The average Bonchev–Trinajstić information content (AvgIpc) is 2.91. The van der Waals surface area contributed by atoms with Crippen molar-refractivity contribution < 1.29 is 5.11 Å². The molecule has 0 aliphatic heterocycles.